The van der Waals surface area contributed by atoms with E-state index in [0.29, 0.717) is 25.1 Å². The largest absolute Gasteiger partial charge is 0.444 e. The van der Waals surface area contributed by atoms with E-state index in [1.165, 1.54) is 29.2 Å². The molecule has 0 spiro atoms. The SMILES string of the molecule is CC(F)(F)CCCCn1cc(NC(=O)OCc2cccc(C(F)(F)F)c2)cn1. The first-order valence-electron chi connectivity index (χ1n) is 8.53. The monoisotopic (exact) mass is 405 g/mol. The zero-order valence-electron chi connectivity index (χ0n) is 15.1. The number of hydrogen-bond donors (Lipinski definition) is 1. The number of carbonyl (C=O) groups is 1. The number of aromatic nitrogens is 2. The Hall–Kier alpha value is -2.65. The minimum atomic E-state index is -4.47. The second kappa shape index (κ2) is 9.03. The van der Waals surface area contributed by atoms with Crippen LogP contribution < -0.4 is 5.32 Å². The average molecular weight is 405 g/mol. The van der Waals surface area contributed by atoms with Gasteiger partial charge in [-0.3, -0.25) is 10.00 Å². The van der Waals surface area contributed by atoms with E-state index in [0.717, 1.165) is 19.1 Å². The van der Waals surface area contributed by atoms with Gasteiger partial charge >= 0.3 is 12.3 Å². The Morgan fingerprint density at radius 2 is 1.96 bits per heavy atom. The zero-order chi connectivity index (χ0) is 20.8. The molecule has 0 aliphatic carbocycles. The molecule has 0 atom stereocenters. The Morgan fingerprint density at radius 3 is 2.64 bits per heavy atom. The molecule has 0 fully saturated rings. The summed E-state index contributed by atoms with van der Waals surface area (Å²) in [6.45, 7) is 0.958. The Bertz CT molecular complexity index is 784. The molecule has 2 rings (SSSR count). The van der Waals surface area contributed by atoms with E-state index < -0.39 is 23.8 Å². The van der Waals surface area contributed by atoms with E-state index >= 15 is 0 Å². The van der Waals surface area contributed by atoms with Gasteiger partial charge in [0.25, 0.3) is 0 Å². The van der Waals surface area contributed by atoms with Crippen molar-refractivity contribution in [2.75, 3.05) is 5.32 Å². The maximum Gasteiger partial charge on any atom is 0.416 e. The minimum absolute atomic E-state index is 0.202. The number of benzene rings is 1. The van der Waals surface area contributed by atoms with E-state index in [-0.39, 0.29) is 18.6 Å². The van der Waals surface area contributed by atoms with Gasteiger partial charge in [-0.1, -0.05) is 12.1 Å². The van der Waals surface area contributed by atoms with Crippen molar-refractivity contribution in [3.63, 3.8) is 0 Å². The normalized spacial score (nSPS) is 12.1. The van der Waals surface area contributed by atoms with Crippen LogP contribution in [0.1, 0.15) is 37.3 Å². The summed E-state index contributed by atoms with van der Waals surface area (Å²) >= 11 is 0. The van der Waals surface area contributed by atoms with Gasteiger partial charge in [0.2, 0.25) is 5.92 Å². The number of aryl methyl sites for hydroxylation is 1. The van der Waals surface area contributed by atoms with E-state index in [1.54, 1.807) is 0 Å². The van der Waals surface area contributed by atoms with E-state index in [9.17, 15) is 26.7 Å². The average Bonchev–Trinajstić information content (AvgIpc) is 3.03. The highest BCUT2D eigenvalue weighted by molar-refractivity contribution is 5.84. The smallest absolute Gasteiger partial charge is 0.416 e. The van der Waals surface area contributed by atoms with Crippen LogP contribution in [0.3, 0.4) is 0 Å². The fourth-order valence-electron chi connectivity index (χ4n) is 2.40. The first-order chi connectivity index (χ1) is 13.0. The molecule has 5 nitrogen and oxygen atoms in total. The summed E-state index contributed by atoms with van der Waals surface area (Å²) in [7, 11) is 0. The van der Waals surface area contributed by atoms with Crippen LogP contribution in [-0.4, -0.2) is 21.8 Å². The third kappa shape index (κ3) is 7.53. The molecule has 1 aromatic carbocycles. The summed E-state index contributed by atoms with van der Waals surface area (Å²) in [4.78, 5) is 11.8. The van der Waals surface area contributed by atoms with Crippen molar-refractivity contribution in [2.24, 2.45) is 0 Å². The van der Waals surface area contributed by atoms with Gasteiger partial charge in [-0.05, 0) is 37.5 Å². The van der Waals surface area contributed by atoms with E-state index in [1.807, 2.05) is 0 Å². The van der Waals surface area contributed by atoms with Gasteiger partial charge in [0, 0.05) is 19.2 Å². The lowest BCUT2D eigenvalue weighted by molar-refractivity contribution is -0.137. The lowest BCUT2D eigenvalue weighted by Crippen LogP contribution is -2.13. The molecule has 0 aliphatic rings. The Kier molecular flexibility index (Phi) is 6.98. The molecule has 0 saturated carbocycles. The quantitative estimate of drug-likeness (QED) is 0.468. The molecule has 1 aromatic heterocycles. The maximum atomic E-state index is 12.7. The Balaban J connectivity index is 1.77. The lowest BCUT2D eigenvalue weighted by Gasteiger charge is -2.09. The van der Waals surface area contributed by atoms with Crippen LogP contribution >= 0.6 is 0 Å². The lowest BCUT2D eigenvalue weighted by atomic mass is 10.1. The molecule has 0 unspecified atom stereocenters. The number of amides is 1. The van der Waals surface area contributed by atoms with Crippen LogP contribution in [0.15, 0.2) is 36.7 Å². The van der Waals surface area contributed by atoms with Gasteiger partial charge < -0.3 is 4.74 Å². The van der Waals surface area contributed by atoms with Crippen molar-refractivity contribution < 1.29 is 31.5 Å². The summed E-state index contributed by atoms with van der Waals surface area (Å²) in [5.41, 5.74) is -0.292. The van der Waals surface area contributed by atoms with Crippen LogP contribution in [0.2, 0.25) is 0 Å². The van der Waals surface area contributed by atoms with Crippen molar-refractivity contribution in [2.45, 2.75) is 51.4 Å². The third-order valence-electron chi connectivity index (χ3n) is 3.76. The molecule has 28 heavy (non-hydrogen) atoms. The molecule has 0 aliphatic heterocycles. The Morgan fingerprint density at radius 1 is 1.21 bits per heavy atom. The maximum absolute atomic E-state index is 12.7. The van der Waals surface area contributed by atoms with Gasteiger partial charge in [-0.25, -0.2) is 13.6 Å². The number of halogens is 5. The zero-order valence-corrected chi connectivity index (χ0v) is 15.1. The molecule has 154 valence electrons. The molecular weight excluding hydrogens is 385 g/mol. The van der Waals surface area contributed by atoms with Crippen molar-refractivity contribution in [3.05, 3.63) is 47.8 Å². The molecule has 0 radical (unpaired) electrons. The number of carbonyl (C=O) groups excluding carboxylic acids is 1. The molecule has 1 heterocycles. The number of nitrogens with zero attached hydrogens (tertiary/aromatic N) is 2. The summed E-state index contributed by atoms with van der Waals surface area (Å²) in [6, 6.07) is 4.49. The number of rotatable bonds is 8. The van der Waals surface area contributed by atoms with Gasteiger partial charge in [0.15, 0.2) is 0 Å². The van der Waals surface area contributed by atoms with Gasteiger partial charge in [-0.2, -0.15) is 18.3 Å². The van der Waals surface area contributed by atoms with E-state index in [2.05, 4.69) is 10.4 Å². The highest BCUT2D eigenvalue weighted by Gasteiger charge is 2.30. The molecular formula is C18H20F5N3O2. The second-order valence-corrected chi connectivity index (χ2v) is 6.42. The van der Waals surface area contributed by atoms with Crippen LogP contribution in [0.5, 0.6) is 0 Å². The first kappa shape index (κ1) is 21.6. The standard InChI is InChI=1S/C18H20F5N3O2/c1-17(19,20)7-2-3-8-26-11-15(10-24-26)25-16(27)28-12-13-5-4-6-14(9-13)18(21,22)23/h4-6,9-11H,2-3,7-8,12H2,1H3,(H,25,27). The van der Waals surface area contributed by atoms with Crippen molar-refractivity contribution in [3.8, 4) is 0 Å². The van der Waals surface area contributed by atoms with Crippen LogP contribution in [0.4, 0.5) is 32.4 Å². The van der Waals surface area contributed by atoms with Crippen molar-refractivity contribution in [1.29, 1.82) is 0 Å². The topological polar surface area (TPSA) is 56.2 Å². The predicted octanol–water partition coefficient (Wildman–Crippen LogP) is 5.48. The predicted molar refractivity (Wildman–Crippen MR) is 92.0 cm³/mol. The fourth-order valence-corrected chi connectivity index (χ4v) is 2.40. The fraction of sp³-hybridized carbons (Fsp3) is 0.444. The van der Waals surface area contributed by atoms with Gasteiger partial charge in [-0.15, -0.1) is 0 Å². The summed E-state index contributed by atoms with van der Waals surface area (Å²) in [6.07, 6.45) is -1.81. The number of hydrogen-bond acceptors (Lipinski definition) is 3. The molecule has 10 heteroatoms. The molecule has 1 N–H and O–H groups in total. The van der Waals surface area contributed by atoms with Crippen molar-refractivity contribution in [1.82, 2.24) is 9.78 Å². The number of ether oxygens (including phenoxy) is 1. The molecule has 0 saturated heterocycles. The van der Waals surface area contributed by atoms with Gasteiger partial charge in [0.1, 0.15) is 6.61 Å². The highest BCUT2D eigenvalue weighted by Crippen LogP contribution is 2.29. The molecule has 0 bridgehead atoms. The number of anilines is 1. The number of alkyl halides is 5. The number of nitrogens with one attached hydrogen (secondary N) is 1. The molecule has 1 amide bonds. The summed E-state index contributed by atoms with van der Waals surface area (Å²) < 4.78 is 69.8. The second-order valence-electron chi connectivity index (χ2n) is 6.42. The third-order valence-corrected chi connectivity index (χ3v) is 3.76. The van der Waals surface area contributed by atoms with Crippen LogP contribution in [-0.2, 0) is 24.1 Å². The highest BCUT2D eigenvalue weighted by atomic mass is 19.4. The number of unbranched alkanes of at least 4 members (excludes halogenated alkanes) is 1. The van der Waals surface area contributed by atoms with Gasteiger partial charge in [0.05, 0.1) is 17.4 Å². The van der Waals surface area contributed by atoms with Crippen molar-refractivity contribution >= 4 is 11.8 Å². The van der Waals surface area contributed by atoms with Crippen LogP contribution in [0, 0.1) is 0 Å². The molecule has 2 aromatic rings. The first-order valence-corrected chi connectivity index (χ1v) is 8.53. The van der Waals surface area contributed by atoms with Crippen LogP contribution in [0.25, 0.3) is 0 Å². The summed E-state index contributed by atoms with van der Waals surface area (Å²) in [5.74, 6) is -2.69. The Labute approximate surface area is 158 Å². The minimum Gasteiger partial charge on any atom is -0.444 e. The van der Waals surface area contributed by atoms with E-state index in [4.69, 9.17) is 4.74 Å². The summed E-state index contributed by atoms with van der Waals surface area (Å²) in [5, 5.41) is 6.40.